The van der Waals surface area contributed by atoms with Crippen molar-refractivity contribution >= 4 is 0 Å². The standard InChI is InChI=1S/C18H31NO/c1-6-8-9-16(7-2)13-19-15(4)17-11-10-14(3)12-18(17)20-5/h10-12,15-16,19H,6-9,13H2,1-5H3. The van der Waals surface area contributed by atoms with E-state index in [1.807, 2.05) is 0 Å². The van der Waals surface area contributed by atoms with Gasteiger partial charge in [0.2, 0.25) is 0 Å². The Labute approximate surface area is 124 Å². The molecule has 114 valence electrons. The second-order valence-electron chi connectivity index (χ2n) is 5.79. The van der Waals surface area contributed by atoms with E-state index in [-0.39, 0.29) is 0 Å². The minimum absolute atomic E-state index is 0.334. The topological polar surface area (TPSA) is 21.3 Å². The first-order chi connectivity index (χ1) is 9.62. The summed E-state index contributed by atoms with van der Waals surface area (Å²) in [5.41, 5.74) is 2.50. The Balaban J connectivity index is 2.59. The van der Waals surface area contributed by atoms with Crippen molar-refractivity contribution in [3.63, 3.8) is 0 Å². The molecule has 1 aromatic carbocycles. The molecule has 0 spiro atoms. The second kappa shape index (κ2) is 9.02. The van der Waals surface area contributed by atoms with Crippen LogP contribution in [0.5, 0.6) is 5.75 Å². The zero-order chi connectivity index (χ0) is 15.0. The summed E-state index contributed by atoms with van der Waals surface area (Å²) < 4.78 is 5.51. The first kappa shape index (κ1) is 17.0. The molecular weight excluding hydrogens is 246 g/mol. The maximum absolute atomic E-state index is 5.51. The molecule has 0 saturated heterocycles. The number of hydrogen-bond acceptors (Lipinski definition) is 2. The molecule has 1 rings (SSSR count). The van der Waals surface area contributed by atoms with Crippen LogP contribution in [0, 0.1) is 12.8 Å². The monoisotopic (exact) mass is 277 g/mol. The van der Waals surface area contributed by atoms with Crippen LogP contribution in [0.25, 0.3) is 0 Å². The van der Waals surface area contributed by atoms with Crippen molar-refractivity contribution in [2.24, 2.45) is 5.92 Å². The molecule has 20 heavy (non-hydrogen) atoms. The molecule has 2 unspecified atom stereocenters. The Morgan fingerprint density at radius 1 is 1.25 bits per heavy atom. The lowest BCUT2D eigenvalue weighted by Gasteiger charge is -2.21. The van der Waals surface area contributed by atoms with Crippen molar-refractivity contribution in [2.45, 2.75) is 59.4 Å². The maximum atomic E-state index is 5.51. The second-order valence-corrected chi connectivity index (χ2v) is 5.79. The number of unbranched alkanes of at least 4 members (excludes halogenated alkanes) is 1. The van der Waals surface area contributed by atoms with E-state index in [2.05, 4.69) is 51.2 Å². The van der Waals surface area contributed by atoms with Gasteiger partial charge in [-0.05, 0) is 44.4 Å². The number of benzene rings is 1. The zero-order valence-electron chi connectivity index (χ0n) is 13.8. The van der Waals surface area contributed by atoms with Crippen molar-refractivity contribution in [3.05, 3.63) is 29.3 Å². The average Bonchev–Trinajstić information content (AvgIpc) is 2.47. The van der Waals surface area contributed by atoms with Gasteiger partial charge in [0.25, 0.3) is 0 Å². The van der Waals surface area contributed by atoms with Crippen molar-refractivity contribution in [3.8, 4) is 5.75 Å². The van der Waals surface area contributed by atoms with E-state index in [0.717, 1.165) is 18.2 Å². The number of methoxy groups -OCH3 is 1. The van der Waals surface area contributed by atoms with E-state index in [1.54, 1.807) is 7.11 Å². The third-order valence-electron chi connectivity index (χ3n) is 4.11. The largest absolute Gasteiger partial charge is 0.496 e. The molecular formula is C18H31NO. The molecule has 0 aliphatic rings. The van der Waals surface area contributed by atoms with Crippen LogP contribution in [0.15, 0.2) is 18.2 Å². The molecule has 0 fully saturated rings. The first-order valence-electron chi connectivity index (χ1n) is 8.00. The summed E-state index contributed by atoms with van der Waals surface area (Å²) in [6, 6.07) is 6.78. The van der Waals surface area contributed by atoms with E-state index >= 15 is 0 Å². The molecule has 0 heterocycles. The van der Waals surface area contributed by atoms with Gasteiger partial charge in [0, 0.05) is 11.6 Å². The van der Waals surface area contributed by atoms with Gasteiger partial charge < -0.3 is 10.1 Å². The van der Waals surface area contributed by atoms with Gasteiger partial charge in [-0.1, -0.05) is 45.2 Å². The molecule has 0 aliphatic carbocycles. The van der Waals surface area contributed by atoms with Gasteiger partial charge in [-0.25, -0.2) is 0 Å². The normalized spacial score (nSPS) is 14.1. The molecule has 2 atom stereocenters. The molecule has 0 saturated carbocycles. The number of hydrogen-bond donors (Lipinski definition) is 1. The van der Waals surface area contributed by atoms with Gasteiger partial charge in [0.15, 0.2) is 0 Å². The first-order valence-corrected chi connectivity index (χ1v) is 8.00. The Morgan fingerprint density at radius 2 is 2.00 bits per heavy atom. The van der Waals surface area contributed by atoms with Gasteiger partial charge >= 0.3 is 0 Å². The fourth-order valence-electron chi connectivity index (χ4n) is 2.57. The summed E-state index contributed by atoms with van der Waals surface area (Å²) in [6.45, 7) is 9.97. The zero-order valence-corrected chi connectivity index (χ0v) is 13.8. The van der Waals surface area contributed by atoms with Crippen LogP contribution in [0.3, 0.4) is 0 Å². The predicted molar refractivity (Wildman–Crippen MR) is 87.5 cm³/mol. The third-order valence-corrected chi connectivity index (χ3v) is 4.11. The summed E-state index contributed by atoms with van der Waals surface area (Å²) in [5.74, 6) is 1.78. The highest BCUT2D eigenvalue weighted by Gasteiger charge is 2.13. The Bertz CT molecular complexity index is 389. The van der Waals surface area contributed by atoms with Crippen LogP contribution < -0.4 is 10.1 Å². The molecule has 0 bridgehead atoms. The molecule has 1 N–H and O–H groups in total. The van der Waals surface area contributed by atoms with Gasteiger partial charge in [-0.2, -0.15) is 0 Å². The van der Waals surface area contributed by atoms with Crippen molar-refractivity contribution in [1.29, 1.82) is 0 Å². The van der Waals surface area contributed by atoms with Crippen LogP contribution in [0.4, 0.5) is 0 Å². The third kappa shape index (κ3) is 5.16. The minimum atomic E-state index is 0.334. The maximum Gasteiger partial charge on any atom is 0.123 e. The van der Waals surface area contributed by atoms with Crippen molar-refractivity contribution in [2.75, 3.05) is 13.7 Å². The summed E-state index contributed by atoms with van der Waals surface area (Å²) >= 11 is 0. The Morgan fingerprint density at radius 3 is 2.60 bits per heavy atom. The fourth-order valence-corrected chi connectivity index (χ4v) is 2.57. The molecule has 2 heteroatoms. The summed E-state index contributed by atoms with van der Waals surface area (Å²) in [7, 11) is 1.75. The van der Waals surface area contributed by atoms with E-state index in [0.29, 0.717) is 6.04 Å². The Kier molecular flexibility index (Phi) is 7.68. The molecule has 0 aliphatic heterocycles. The van der Waals surface area contributed by atoms with E-state index in [9.17, 15) is 0 Å². The number of ether oxygens (including phenoxy) is 1. The van der Waals surface area contributed by atoms with Gasteiger partial charge in [-0.3, -0.25) is 0 Å². The number of nitrogens with one attached hydrogen (secondary N) is 1. The van der Waals surface area contributed by atoms with Gasteiger partial charge in [0.1, 0.15) is 5.75 Å². The summed E-state index contributed by atoms with van der Waals surface area (Å²) in [5, 5.41) is 3.67. The highest BCUT2D eigenvalue weighted by Crippen LogP contribution is 2.26. The van der Waals surface area contributed by atoms with E-state index in [1.165, 1.54) is 36.8 Å². The van der Waals surface area contributed by atoms with Gasteiger partial charge in [-0.15, -0.1) is 0 Å². The predicted octanol–water partition coefficient (Wildman–Crippen LogP) is 4.87. The highest BCUT2D eigenvalue weighted by atomic mass is 16.5. The summed E-state index contributed by atoms with van der Waals surface area (Å²) in [4.78, 5) is 0. The van der Waals surface area contributed by atoms with Crippen LogP contribution in [-0.2, 0) is 0 Å². The molecule has 1 aromatic rings. The molecule has 2 nitrogen and oxygen atoms in total. The number of aryl methyl sites for hydroxylation is 1. The lowest BCUT2D eigenvalue weighted by molar-refractivity contribution is 0.380. The smallest absolute Gasteiger partial charge is 0.123 e. The van der Waals surface area contributed by atoms with Crippen LogP contribution in [0.1, 0.15) is 63.6 Å². The molecule has 0 aromatic heterocycles. The van der Waals surface area contributed by atoms with E-state index < -0.39 is 0 Å². The van der Waals surface area contributed by atoms with Crippen molar-refractivity contribution < 1.29 is 4.74 Å². The fraction of sp³-hybridized carbons (Fsp3) is 0.667. The van der Waals surface area contributed by atoms with E-state index in [4.69, 9.17) is 4.74 Å². The van der Waals surface area contributed by atoms with Crippen LogP contribution in [-0.4, -0.2) is 13.7 Å². The highest BCUT2D eigenvalue weighted by molar-refractivity contribution is 5.39. The molecule has 0 radical (unpaired) electrons. The quantitative estimate of drug-likeness (QED) is 0.695. The van der Waals surface area contributed by atoms with Crippen LogP contribution >= 0.6 is 0 Å². The Hall–Kier alpha value is -1.02. The SMILES string of the molecule is CCCCC(CC)CNC(C)c1ccc(C)cc1OC. The van der Waals surface area contributed by atoms with Crippen LogP contribution in [0.2, 0.25) is 0 Å². The van der Waals surface area contributed by atoms with Gasteiger partial charge in [0.05, 0.1) is 7.11 Å². The number of rotatable bonds is 9. The van der Waals surface area contributed by atoms with Crippen molar-refractivity contribution in [1.82, 2.24) is 5.32 Å². The minimum Gasteiger partial charge on any atom is -0.496 e. The lowest BCUT2D eigenvalue weighted by atomic mass is 9.98. The lowest BCUT2D eigenvalue weighted by Crippen LogP contribution is -2.26. The molecule has 0 amide bonds. The average molecular weight is 277 g/mol. The summed E-state index contributed by atoms with van der Waals surface area (Å²) in [6.07, 6.45) is 5.21.